The van der Waals surface area contributed by atoms with E-state index >= 15 is 0 Å². The fourth-order valence-electron chi connectivity index (χ4n) is 5.99. The number of hydrogen-bond acceptors (Lipinski definition) is 7. The van der Waals surface area contributed by atoms with Crippen molar-refractivity contribution in [3.8, 4) is 0 Å². The molecule has 11 heteroatoms. The molecule has 254 valence electrons. The Morgan fingerprint density at radius 3 is 1.84 bits per heavy atom. The Hall–Kier alpha value is -1.46. The van der Waals surface area contributed by atoms with Crippen molar-refractivity contribution in [1.82, 2.24) is 4.90 Å². The van der Waals surface area contributed by atoms with Crippen molar-refractivity contribution < 1.29 is 26.4 Å². The van der Waals surface area contributed by atoms with Crippen LogP contribution < -0.4 is 0 Å². The quantitative estimate of drug-likeness (QED) is 0.0895. The molecular formula is C33H58N2O6S3. The first-order chi connectivity index (χ1) is 21.0. The summed E-state index contributed by atoms with van der Waals surface area (Å²) < 4.78 is 61.4. The van der Waals surface area contributed by atoms with Crippen LogP contribution in [0.3, 0.4) is 0 Å². The second kappa shape index (κ2) is 19.9. The molecule has 0 saturated heterocycles. The van der Waals surface area contributed by atoms with Gasteiger partial charge in [0.2, 0.25) is 0 Å². The molecule has 0 fully saturated rings. The van der Waals surface area contributed by atoms with Gasteiger partial charge in [-0.3, -0.25) is 0 Å². The van der Waals surface area contributed by atoms with Crippen LogP contribution in [0.4, 0.5) is 4.79 Å². The number of nitrogens with zero attached hydrogens (tertiary/aromatic N) is 2. The maximum absolute atomic E-state index is 13.2. The molecule has 1 aliphatic rings. The smallest absolute Gasteiger partial charge is 0.409 e. The molecule has 0 saturated carbocycles. The number of thiophene rings is 1. The summed E-state index contributed by atoms with van der Waals surface area (Å²) in [5, 5.41) is -0.752. The molecule has 0 aliphatic carbocycles. The van der Waals surface area contributed by atoms with Gasteiger partial charge in [0.05, 0.1) is 18.4 Å². The first-order valence-corrected chi connectivity index (χ1v) is 20.8. The number of sulfone groups is 1. The highest BCUT2D eigenvalue weighted by Gasteiger charge is 2.43. The number of fused-ring (bicyclic) bond motifs is 1. The molecule has 1 aromatic heterocycles. The predicted octanol–water partition coefficient (Wildman–Crippen LogP) is 9.63. The lowest BCUT2D eigenvalue weighted by atomic mass is 10.0. The average Bonchev–Trinajstić information content (AvgIpc) is 3.45. The number of carbonyl (C=O) groups is 1. The third-order valence-electron chi connectivity index (χ3n) is 8.70. The van der Waals surface area contributed by atoms with E-state index in [4.69, 9.17) is 4.74 Å². The lowest BCUT2D eigenvalue weighted by molar-refractivity contribution is 0.104. The molecule has 0 aromatic carbocycles. The predicted molar refractivity (Wildman–Crippen MR) is 182 cm³/mol. The maximum atomic E-state index is 13.2. The van der Waals surface area contributed by atoms with Gasteiger partial charge in [-0.15, -0.1) is 11.3 Å². The van der Waals surface area contributed by atoms with Crippen molar-refractivity contribution in [3.63, 3.8) is 0 Å². The molecule has 1 aliphatic heterocycles. The van der Waals surface area contributed by atoms with Crippen LogP contribution in [0.1, 0.15) is 161 Å². The second-order valence-corrected chi connectivity index (χ2v) is 17.8. The number of hydrogen-bond donors (Lipinski definition) is 0. The van der Waals surface area contributed by atoms with Gasteiger partial charge in [-0.2, -0.15) is 12.8 Å². The van der Waals surface area contributed by atoms with E-state index < -0.39 is 37.2 Å². The Labute approximate surface area is 272 Å². The SMILES string of the molecule is CCCCCCCCCCCCCCCCCCC/C(C)=N/S(=O)(=O)c1cc2c(s1)S(=O)(=O)[C@@H](C)C[C@@H]2N(CC)C(=O)OC. The highest BCUT2D eigenvalue weighted by atomic mass is 32.3. The van der Waals surface area contributed by atoms with Gasteiger partial charge in [0, 0.05) is 17.8 Å². The molecule has 8 nitrogen and oxygen atoms in total. The molecule has 2 atom stereocenters. The van der Waals surface area contributed by atoms with Gasteiger partial charge in [-0.05, 0) is 46.1 Å². The lowest BCUT2D eigenvalue weighted by Crippen LogP contribution is -2.40. The van der Waals surface area contributed by atoms with E-state index in [1.54, 1.807) is 20.8 Å². The minimum absolute atomic E-state index is 0.00296. The zero-order valence-electron chi connectivity index (χ0n) is 27.9. The maximum Gasteiger partial charge on any atom is 0.409 e. The minimum atomic E-state index is -4.07. The zero-order chi connectivity index (χ0) is 32.6. The minimum Gasteiger partial charge on any atom is -0.453 e. The van der Waals surface area contributed by atoms with Gasteiger partial charge in [-0.1, -0.05) is 110 Å². The summed E-state index contributed by atoms with van der Waals surface area (Å²) in [5.74, 6) is 0. The van der Waals surface area contributed by atoms with Gasteiger partial charge in [0.25, 0.3) is 10.0 Å². The topological polar surface area (TPSA) is 110 Å². The number of rotatable bonds is 22. The van der Waals surface area contributed by atoms with Crippen molar-refractivity contribution in [2.24, 2.45) is 4.40 Å². The molecule has 1 amide bonds. The van der Waals surface area contributed by atoms with Gasteiger partial charge in [-0.25, -0.2) is 13.2 Å². The van der Waals surface area contributed by atoms with Crippen molar-refractivity contribution in [3.05, 3.63) is 11.6 Å². The number of methoxy groups -OCH3 is 1. The third kappa shape index (κ3) is 12.0. The van der Waals surface area contributed by atoms with E-state index in [0.717, 1.165) is 30.6 Å². The van der Waals surface area contributed by atoms with Gasteiger partial charge >= 0.3 is 6.09 Å². The summed E-state index contributed by atoms with van der Waals surface area (Å²) in [4.78, 5) is 13.8. The Morgan fingerprint density at radius 1 is 0.909 bits per heavy atom. The van der Waals surface area contributed by atoms with Crippen molar-refractivity contribution in [2.75, 3.05) is 13.7 Å². The van der Waals surface area contributed by atoms with E-state index in [-0.39, 0.29) is 14.8 Å². The first-order valence-electron chi connectivity index (χ1n) is 17.0. The Kier molecular flexibility index (Phi) is 17.5. The molecule has 1 aromatic rings. The first kappa shape index (κ1) is 38.7. The standard InChI is InChI=1S/C33H58N2O6S3/c1-6-8-9-10-11-12-13-14-15-16-17-18-19-20-21-22-23-24-27(3)34-44(39,40)31-26-29-30(35(7-2)33(36)41-5)25-28(4)43(37,38)32(29)42-31/h26,28,30H,6-25H2,1-5H3/b34-27+/t28-,30-/m0/s1. The van der Waals surface area contributed by atoms with Crippen LogP contribution in [0.25, 0.3) is 0 Å². The van der Waals surface area contributed by atoms with Gasteiger partial charge < -0.3 is 9.64 Å². The van der Waals surface area contributed by atoms with E-state index in [0.29, 0.717) is 24.2 Å². The summed E-state index contributed by atoms with van der Waals surface area (Å²) in [6.45, 7) is 7.65. The largest absolute Gasteiger partial charge is 0.453 e. The number of sulfonamides is 1. The molecule has 2 rings (SSSR count). The van der Waals surface area contributed by atoms with E-state index in [9.17, 15) is 21.6 Å². The number of amides is 1. The van der Waals surface area contributed by atoms with Crippen LogP contribution in [0.5, 0.6) is 0 Å². The zero-order valence-corrected chi connectivity index (χ0v) is 30.4. The highest BCUT2D eigenvalue weighted by molar-refractivity contribution is 7.96. The Balaban J connectivity index is 1.75. The second-order valence-electron chi connectivity index (χ2n) is 12.4. The van der Waals surface area contributed by atoms with Gasteiger partial charge in [0.1, 0.15) is 8.42 Å². The fraction of sp³-hybridized carbons (Fsp3) is 0.818. The monoisotopic (exact) mass is 674 g/mol. The van der Waals surface area contributed by atoms with E-state index in [2.05, 4.69) is 11.3 Å². The van der Waals surface area contributed by atoms with Crippen LogP contribution in [-0.4, -0.2) is 52.4 Å². The molecule has 0 unspecified atom stereocenters. The van der Waals surface area contributed by atoms with Gasteiger partial charge in [0.15, 0.2) is 9.84 Å². The molecule has 44 heavy (non-hydrogen) atoms. The number of unbranched alkanes of at least 4 members (excludes halogenated alkanes) is 16. The molecule has 2 heterocycles. The van der Waals surface area contributed by atoms with Crippen LogP contribution in [-0.2, 0) is 24.6 Å². The number of ether oxygens (including phenoxy) is 1. The average molecular weight is 675 g/mol. The van der Waals surface area contributed by atoms with Crippen LogP contribution >= 0.6 is 11.3 Å². The summed E-state index contributed by atoms with van der Waals surface area (Å²) >= 11 is 0.735. The highest BCUT2D eigenvalue weighted by Crippen LogP contribution is 2.45. The molecule has 0 spiro atoms. The summed E-state index contributed by atoms with van der Waals surface area (Å²) in [6.07, 6.45) is 22.1. The molecule has 0 bridgehead atoms. The Morgan fingerprint density at radius 2 is 1.39 bits per heavy atom. The third-order valence-corrected chi connectivity index (χ3v) is 14.5. The number of carbonyl (C=O) groups excluding carboxylic acids is 1. The van der Waals surface area contributed by atoms with E-state index in [1.165, 1.54) is 108 Å². The van der Waals surface area contributed by atoms with Crippen LogP contribution in [0, 0.1) is 0 Å². The molecular weight excluding hydrogens is 617 g/mol. The van der Waals surface area contributed by atoms with Crippen LogP contribution in [0.2, 0.25) is 0 Å². The fourth-order valence-corrected chi connectivity index (χ4v) is 11.0. The molecule has 0 radical (unpaired) electrons. The van der Waals surface area contributed by atoms with Crippen molar-refractivity contribution in [1.29, 1.82) is 0 Å². The van der Waals surface area contributed by atoms with E-state index in [1.807, 2.05) is 0 Å². The lowest BCUT2D eigenvalue weighted by Gasteiger charge is -2.34. The molecule has 0 N–H and O–H groups in total. The van der Waals surface area contributed by atoms with Crippen LogP contribution in [0.15, 0.2) is 18.9 Å². The van der Waals surface area contributed by atoms with Crippen molar-refractivity contribution >= 4 is 43.0 Å². The Bertz CT molecular complexity index is 1240. The summed E-state index contributed by atoms with van der Waals surface area (Å²) in [5.41, 5.74) is 0.856. The summed E-state index contributed by atoms with van der Waals surface area (Å²) in [6, 6.07) is 0.808. The van der Waals surface area contributed by atoms with Crippen molar-refractivity contribution in [2.45, 2.75) is 169 Å². The normalized spacial score (nSPS) is 18.2. The summed E-state index contributed by atoms with van der Waals surface area (Å²) in [7, 11) is -6.50.